The standard InChI is InChI=1S/C21H32N4O.C20H32N4O.C20H30N4O.C20H34N2O.C19H30N4O/c26-20(18-4-6-19(7-5-18)24-14-10-22-11-15-24)21(8-2-1-3-9-21)25-16-12-23-13-17-25;1-20(2,24-14-4-10-22-12-16-24)19(25)17-5-7-18(8-6-17)23-13-3-9-21-11-15-23;1-3-8-20(2,24-15-11-22-12-16-24)19(25)17-4-6-18(7-5-17)23-13-9-21-10-14-23;1-7-9-15-21(5)18-13-11-17(12-14-18)19(23)20(3,4)22(6)16-10-8-2;1-3-19(2,23-14-10-21-11-15-23)18(24)16-4-6-17(7-5-16)22-12-8-20-9-13-22/h4-7,22-23H,1-3,8-17H2;5-8,21-22H,3-4,9-16H2,1-2H3;3-7,21-22H,1,8-16H2,2H3;11-14H,7-10,15-16H2,1-6H3;4-7,20-21H,3,8-15H2,1-2H3. The number of hydrogen-bond acceptors (Lipinski definition) is 23. The van der Waals surface area contributed by atoms with Gasteiger partial charge in [0.1, 0.15) is 0 Å². The van der Waals surface area contributed by atoms with Crippen LogP contribution >= 0.6 is 0 Å². The van der Waals surface area contributed by atoms with E-state index in [2.05, 4.69) is 226 Å². The second-order valence-electron chi connectivity index (χ2n) is 36.6. The molecule has 5 aromatic rings. The molecule has 1 saturated carbocycles. The lowest BCUT2D eigenvalue weighted by Crippen LogP contribution is -2.60. The number of benzene rings is 5. The molecule has 2 atom stereocenters. The summed E-state index contributed by atoms with van der Waals surface area (Å²) in [4.78, 5) is 89.5. The number of rotatable bonds is 29. The first-order valence-electron chi connectivity index (χ1n) is 47.5. The molecule has 8 heterocycles. The van der Waals surface area contributed by atoms with Gasteiger partial charge in [0.15, 0.2) is 28.9 Å². The van der Waals surface area contributed by atoms with E-state index in [4.69, 9.17) is 0 Å². The second-order valence-corrected chi connectivity index (χ2v) is 36.6. The zero-order valence-electron chi connectivity index (χ0n) is 77.6. The fraction of sp³-hybridized carbons (Fsp3) is 0.630. The van der Waals surface area contributed by atoms with Crippen LogP contribution in [-0.2, 0) is 0 Å². The molecule has 2 unspecified atom stereocenters. The fourth-order valence-electron chi connectivity index (χ4n) is 19.0. The molecule has 8 aliphatic heterocycles. The number of Topliss-reactive ketones (excluding diaryl/α,β-unsaturated/α-hetero) is 5. The van der Waals surface area contributed by atoms with Gasteiger partial charge in [-0.05, 0) is 241 Å². The van der Waals surface area contributed by atoms with Crippen LogP contribution in [0, 0.1) is 0 Å². The maximum Gasteiger partial charge on any atom is 0.183 e. The minimum atomic E-state index is -0.513. The van der Waals surface area contributed by atoms with E-state index in [0.717, 1.165) is 295 Å². The third kappa shape index (κ3) is 26.7. The summed E-state index contributed by atoms with van der Waals surface area (Å²) in [6.07, 6.45) is 15.9. The van der Waals surface area contributed by atoms with E-state index in [1.165, 1.54) is 60.5 Å². The van der Waals surface area contributed by atoms with Gasteiger partial charge in [-0.25, -0.2) is 0 Å². The molecule has 0 amide bonds. The summed E-state index contributed by atoms with van der Waals surface area (Å²) in [5.41, 5.74) is 8.07. The molecular weight excluding hydrogens is 1530 g/mol. The Morgan fingerprint density at radius 1 is 0.366 bits per heavy atom. The predicted molar refractivity (Wildman–Crippen MR) is 513 cm³/mol. The van der Waals surface area contributed by atoms with Crippen molar-refractivity contribution in [2.45, 2.75) is 173 Å². The van der Waals surface area contributed by atoms with Crippen molar-refractivity contribution in [3.8, 4) is 0 Å². The van der Waals surface area contributed by atoms with Crippen LogP contribution in [0.5, 0.6) is 0 Å². The highest BCUT2D eigenvalue weighted by Gasteiger charge is 2.46. The number of hydrogen-bond donors (Lipinski definition) is 8. The van der Waals surface area contributed by atoms with Gasteiger partial charge in [-0.3, -0.25) is 48.5 Å². The Kier molecular flexibility index (Phi) is 39.1. The first-order valence-corrected chi connectivity index (χ1v) is 47.5. The molecule has 1 aliphatic carbocycles. The predicted octanol–water partition coefficient (Wildman–Crippen LogP) is 11.1. The summed E-state index contributed by atoms with van der Waals surface area (Å²) < 4.78 is 0. The minimum Gasteiger partial charge on any atom is -0.375 e. The fourth-order valence-corrected chi connectivity index (χ4v) is 19.0. The monoisotopic (exact) mass is 1690 g/mol. The summed E-state index contributed by atoms with van der Waals surface area (Å²) in [5.74, 6) is 1.21. The number of piperazine rings is 6. The number of carbonyl (C=O) groups is 5. The van der Waals surface area contributed by atoms with Gasteiger partial charge in [-0.15, -0.1) is 6.58 Å². The van der Waals surface area contributed by atoms with E-state index >= 15 is 0 Å². The van der Waals surface area contributed by atoms with Crippen molar-refractivity contribution < 1.29 is 24.0 Å². The highest BCUT2D eigenvalue weighted by atomic mass is 16.2. The topological polar surface area (TPSA) is 214 Å². The number of nitrogens with zero attached hydrogens (tertiary/aromatic N) is 10. The van der Waals surface area contributed by atoms with Gasteiger partial charge in [-0.2, -0.15) is 0 Å². The van der Waals surface area contributed by atoms with Gasteiger partial charge in [0.05, 0.1) is 27.7 Å². The molecule has 0 aromatic heterocycles. The van der Waals surface area contributed by atoms with Gasteiger partial charge < -0.3 is 67.0 Å². The molecule has 123 heavy (non-hydrogen) atoms. The van der Waals surface area contributed by atoms with Crippen molar-refractivity contribution in [2.75, 3.05) is 261 Å². The van der Waals surface area contributed by atoms with Crippen LogP contribution in [0.15, 0.2) is 134 Å². The van der Waals surface area contributed by atoms with E-state index < -0.39 is 22.2 Å². The zero-order valence-corrected chi connectivity index (χ0v) is 77.6. The number of nitrogens with one attached hydrogen (secondary N) is 8. The first-order chi connectivity index (χ1) is 59.5. The Balaban J connectivity index is 0.000000161. The molecule has 0 radical (unpaired) electrons. The van der Waals surface area contributed by atoms with Gasteiger partial charge in [0.2, 0.25) is 0 Å². The molecule has 5 aromatic carbocycles. The number of likely N-dealkylation sites (N-methyl/N-ethyl adjacent to an activating group) is 1. The maximum atomic E-state index is 13.6. The van der Waals surface area contributed by atoms with Crippen LogP contribution in [0.2, 0.25) is 0 Å². The molecule has 23 heteroatoms. The van der Waals surface area contributed by atoms with Crippen molar-refractivity contribution in [2.24, 2.45) is 0 Å². The second kappa shape index (κ2) is 49.1. The lowest BCUT2D eigenvalue weighted by Gasteiger charge is -2.47. The molecule has 9 fully saturated rings. The summed E-state index contributed by atoms with van der Waals surface area (Å²) in [6.45, 7) is 56.6. The summed E-state index contributed by atoms with van der Waals surface area (Å²) >= 11 is 0. The van der Waals surface area contributed by atoms with E-state index in [0.29, 0.717) is 12.2 Å². The molecule has 678 valence electrons. The molecule has 23 nitrogen and oxygen atoms in total. The third-order valence-electron chi connectivity index (χ3n) is 27.8. The van der Waals surface area contributed by atoms with Crippen LogP contribution in [-0.4, -0.2) is 318 Å². The lowest BCUT2D eigenvalue weighted by atomic mass is 9.75. The van der Waals surface area contributed by atoms with Gasteiger partial charge in [0.25, 0.3) is 0 Å². The van der Waals surface area contributed by atoms with Gasteiger partial charge >= 0.3 is 0 Å². The Morgan fingerprint density at radius 2 is 0.699 bits per heavy atom. The SMILES string of the molecule is C=CCC(C)(C(=O)c1ccc(N2CCNCC2)cc1)N1CCNCC1.CC(C)(C(=O)c1ccc(N2CCCNCC2)cc1)N1CCCNCC1.CCC(C)(C(=O)c1ccc(N2CCNCC2)cc1)N1CCNCC1.CCCCN(C)c1ccc(C(=O)C(C)(C)N(C)CCCC)cc1.O=C(c1ccc(N2CCNCC2)cc1)C1(N2CCNCC2)CCCCC1. The van der Waals surface area contributed by atoms with Crippen LogP contribution in [0.25, 0.3) is 0 Å². The van der Waals surface area contributed by atoms with E-state index in [1.54, 1.807) is 0 Å². The molecule has 9 aliphatic rings. The van der Waals surface area contributed by atoms with Crippen molar-refractivity contribution in [3.63, 3.8) is 0 Å². The highest BCUT2D eigenvalue weighted by Crippen LogP contribution is 2.38. The smallest absolute Gasteiger partial charge is 0.183 e. The largest absolute Gasteiger partial charge is 0.375 e. The van der Waals surface area contributed by atoms with E-state index in [9.17, 15) is 24.0 Å². The summed E-state index contributed by atoms with van der Waals surface area (Å²) in [7, 11) is 4.15. The number of anilines is 5. The number of carbonyl (C=O) groups excluding carboxylic acids is 5. The molecule has 8 N–H and O–H groups in total. The van der Waals surface area contributed by atoms with Crippen molar-refractivity contribution in [1.82, 2.24) is 67.0 Å². The molecular formula is C100H158N18O5. The van der Waals surface area contributed by atoms with Gasteiger partial charge in [-0.1, -0.05) is 59.0 Å². The summed E-state index contributed by atoms with van der Waals surface area (Å²) in [5, 5.41) is 27.1. The van der Waals surface area contributed by atoms with Crippen LogP contribution in [0.1, 0.15) is 198 Å². The Hall–Kier alpha value is -7.33. The molecule has 8 saturated heterocycles. The molecule has 0 spiro atoms. The van der Waals surface area contributed by atoms with Crippen molar-refractivity contribution in [1.29, 1.82) is 0 Å². The Labute approximate surface area is 740 Å². The van der Waals surface area contributed by atoms with E-state index in [1.807, 2.05) is 75.5 Å². The van der Waals surface area contributed by atoms with Gasteiger partial charge in [0, 0.05) is 266 Å². The minimum absolute atomic E-state index is 0.193. The van der Waals surface area contributed by atoms with E-state index in [-0.39, 0.29) is 28.7 Å². The number of ketones is 5. The van der Waals surface area contributed by atoms with Crippen LogP contribution in [0.3, 0.4) is 0 Å². The van der Waals surface area contributed by atoms with Crippen molar-refractivity contribution in [3.05, 3.63) is 162 Å². The normalized spacial score (nSPS) is 20.3. The molecule has 14 rings (SSSR count). The molecule has 0 bridgehead atoms. The number of unbranched alkanes of at least 4 members (excludes halogenated alkanes) is 2. The van der Waals surface area contributed by atoms with Crippen molar-refractivity contribution >= 4 is 57.4 Å². The average molecular weight is 1690 g/mol. The van der Waals surface area contributed by atoms with Crippen LogP contribution < -0.4 is 67.0 Å². The first kappa shape index (κ1) is 97.9. The average Bonchev–Trinajstić information content (AvgIpc) is 1.12. The Morgan fingerprint density at radius 3 is 1.11 bits per heavy atom. The zero-order chi connectivity index (χ0) is 87.7. The maximum absolute atomic E-state index is 13.6. The van der Waals surface area contributed by atoms with Crippen LogP contribution in [0.4, 0.5) is 28.4 Å². The lowest BCUT2D eigenvalue weighted by molar-refractivity contribution is 0.0323. The quantitative estimate of drug-likeness (QED) is 0.0165. The summed E-state index contributed by atoms with van der Waals surface area (Å²) in [6, 6.07) is 41.1. The highest BCUT2D eigenvalue weighted by molar-refractivity contribution is 6.06. The Bertz CT molecular complexity index is 3960. The third-order valence-corrected chi connectivity index (χ3v) is 27.8.